The van der Waals surface area contributed by atoms with Crippen molar-refractivity contribution in [2.75, 3.05) is 33.9 Å². The molecule has 5 heteroatoms. The molecule has 1 fully saturated rings. The Morgan fingerprint density at radius 2 is 2.40 bits per heavy atom. The van der Waals surface area contributed by atoms with Gasteiger partial charge in [0.15, 0.2) is 5.96 Å². The van der Waals surface area contributed by atoms with E-state index in [0.29, 0.717) is 5.92 Å². The van der Waals surface area contributed by atoms with Crippen LogP contribution in [0.15, 0.2) is 29.3 Å². The minimum atomic E-state index is 0.602. The summed E-state index contributed by atoms with van der Waals surface area (Å²) >= 11 is 5.99. The summed E-state index contributed by atoms with van der Waals surface area (Å²) in [6.07, 6.45) is 1.13. The fourth-order valence-corrected chi connectivity index (χ4v) is 2.63. The first kappa shape index (κ1) is 15.1. The summed E-state index contributed by atoms with van der Waals surface area (Å²) in [7, 11) is 3.87. The molecular formula is C15H22ClN3O. The van der Waals surface area contributed by atoms with Gasteiger partial charge < -0.3 is 15.0 Å². The first-order valence-electron chi connectivity index (χ1n) is 6.93. The van der Waals surface area contributed by atoms with Crippen LogP contribution in [-0.2, 0) is 11.3 Å². The van der Waals surface area contributed by atoms with Crippen LogP contribution in [0.2, 0.25) is 5.02 Å². The van der Waals surface area contributed by atoms with E-state index in [1.165, 1.54) is 0 Å². The Bertz CT molecular complexity index is 458. The molecule has 0 aliphatic carbocycles. The number of hydrogen-bond donors (Lipinski definition) is 1. The van der Waals surface area contributed by atoms with Gasteiger partial charge in [-0.25, -0.2) is 0 Å². The van der Waals surface area contributed by atoms with Crippen LogP contribution in [0.25, 0.3) is 0 Å². The first-order chi connectivity index (χ1) is 9.69. The lowest BCUT2D eigenvalue weighted by Crippen LogP contribution is -2.41. The fourth-order valence-electron chi connectivity index (χ4n) is 2.41. The quantitative estimate of drug-likeness (QED) is 0.684. The monoisotopic (exact) mass is 295 g/mol. The highest BCUT2D eigenvalue weighted by molar-refractivity contribution is 6.30. The molecule has 4 nitrogen and oxygen atoms in total. The van der Waals surface area contributed by atoms with Crippen molar-refractivity contribution in [2.45, 2.75) is 13.0 Å². The van der Waals surface area contributed by atoms with E-state index < -0.39 is 0 Å². The molecule has 1 saturated heterocycles. The van der Waals surface area contributed by atoms with Crippen molar-refractivity contribution in [3.8, 4) is 0 Å². The second-order valence-corrected chi connectivity index (χ2v) is 5.58. The summed E-state index contributed by atoms with van der Waals surface area (Å²) in [6.45, 7) is 3.43. The number of nitrogens with one attached hydrogen (secondary N) is 1. The Balaban J connectivity index is 1.85. The molecule has 1 heterocycles. The van der Waals surface area contributed by atoms with Gasteiger partial charge in [0.1, 0.15) is 0 Å². The van der Waals surface area contributed by atoms with Gasteiger partial charge in [-0.2, -0.15) is 0 Å². The lowest BCUT2D eigenvalue weighted by atomic mass is 10.1. The zero-order chi connectivity index (χ0) is 14.4. The summed E-state index contributed by atoms with van der Waals surface area (Å²) < 4.78 is 5.41. The minimum absolute atomic E-state index is 0.602. The van der Waals surface area contributed by atoms with Crippen molar-refractivity contribution >= 4 is 17.6 Å². The van der Waals surface area contributed by atoms with Crippen molar-refractivity contribution in [1.82, 2.24) is 10.2 Å². The summed E-state index contributed by atoms with van der Waals surface area (Å²) in [4.78, 5) is 6.48. The molecule has 0 radical (unpaired) electrons. The second-order valence-electron chi connectivity index (χ2n) is 5.14. The van der Waals surface area contributed by atoms with Gasteiger partial charge in [0.2, 0.25) is 0 Å². The van der Waals surface area contributed by atoms with E-state index in [4.69, 9.17) is 16.3 Å². The molecule has 2 rings (SSSR count). The van der Waals surface area contributed by atoms with Crippen molar-refractivity contribution in [3.63, 3.8) is 0 Å². The van der Waals surface area contributed by atoms with Gasteiger partial charge in [0.25, 0.3) is 0 Å². The van der Waals surface area contributed by atoms with Crippen LogP contribution < -0.4 is 5.32 Å². The van der Waals surface area contributed by atoms with E-state index in [2.05, 4.69) is 28.3 Å². The molecule has 0 saturated carbocycles. The number of ether oxygens (including phenoxy) is 1. The van der Waals surface area contributed by atoms with Gasteiger partial charge in [0, 0.05) is 44.7 Å². The van der Waals surface area contributed by atoms with Crippen LogP contribution in [0.3, 0.4) is 0 Å². The smallest absolute Gasteiger partial charge is 0.193 e. The average molecular weight is 296 g/mol. The molecule has 1 atom stereocenters. The maximum atomic E-state index is 5.99. The fraction of sp³-hybridized carbons (Fsp3) is 0.533. The van der Waals surface area contributed by atoms with Crippen LogP contribution in [0, 0.1) is 5.92 Å². The molecule has 0 aromatic heterocycles. The number of benzene rings is 1. The number of halogens is 1. The molecular weight excluding hydrogens is 274 g/mol. The molecule has 0 spiro atoms. The maximum absolute atomic E-state index is 5.99. The Kier molecular flexibility index (Phi) is 5.68. The van der Waals surface area contributed by atoms with Gasteiger partial charge in [0.05, 0.1) is 6.61 Å². The highest BCUT2D eigenvalue weighted by Gasteiger charge is 2.18. The van der Waals surface area contributed by atoms with Gasteiger partial charge in [-0.15, -0.1) is 0 Å². The maximum Gasteiger partial charge on any atom is 0.193 e. The molecule has 1 aliphatic rings. The topological polar surface area (TPSA) is 36.9 Å². The molecule has 0 amide bonds. The predicted octanol–water partition coefficient (Wildman–Crippen LogP) is 2.38. The van der Waals surface area contributed by atoms with Gasteiger partial charge in [-0.1, -0.05) is 23.7 Å². The van der Waals surface area contributed by atoms with E-state index in [-0.39, 0.29) is 0 Å². The number of nitrogens with zero attached hydrogens (tertiary/aromatic N) is 2. The lowest BCUT2D eigenvalue weighted by molar-refractivity contribution is 0.181. The van der Waals surface area contributed by atoms with Gasteiger partial charge >= 0.3 is 0 Å². The van der Waals surface area contributed by atoms with Crippen molar-refractivity contribution in [3.05, 3.63) is 34.9 Å². The van der Waals surface area contributed by atoms with Gasteiger partial charge in [-0.3, -0.25) is 4.99 Å². The first-order valence-corrected chi connectivity index (χ1v) is 7.31. The van der Waals surface area contributed by atoms with Crippen LogP contribution in [0.4, 0.5) is 0 Å². The summed E-state index contributed by atoms with van der Waals surface area (Å²) in [5, 5.41) is 4.12. The third-order valence-electron chi connectivity index (χ3n) is 3.47. The molecule has 1 aromatic rings. The third-order valence-corrected chi connectivity index (χ3v) is 3.70. The van der Waals surface area contributed by atoms with E-state index in [0.717, 1.165) is 49.3 Å². The lowest BCUT2D eigenvalue weighted by Gasteiger charge is -2.24. The highest BCUT2D eigenvalue weighted by Crippen LogP contribution is 2.13. The Morgan fingerprint density at radius 3 is 3.05 bits per heavy atom. The predicted molar refractivity (Wildman–Crippen MR) is 83.2 cm³/mol. The number of aliphatic imine (C=N–C) groups is 1. The van der Waals surface area contributed by atoms with Crippen molar-refractivity contribution < 1.29 is 4.74 Å². The van der Waals surface area contributed by atoms with Crippen LogP contribution >= 0.6 is 11.6 Å². The van der Waals surface area contributed by atoms with Crippen molar-refractivity contribution in [1.29, 1.82) is 0 Å². The van der Waals surface area contributed by atoms with Crippen LogP contribution in [0.1, 0.15) is 12.0 Å². The average Bonchev–Trinajstić information content (AvgIpc) is 2.92. The largest absolute Gasteiger partial charge is 0.381 e. The Hall–Kier alpha value is -1.26. The van der Waals surface area contributed by atoms with E-state index in [1.54, 1.807) is 0 Å². The minimum Gasteiger partial charge on any atom is -0.381 e. The summed E-state index contributed by atoms with van der Waals surface area (Å²) in [5.74, 6) is 1.50. The van der Waals surface area contributed by atoms with Crippen molar-refractivity contribution in [2.24, 2.45) is 10.9 Å². The highest BCUT2D eigenvalue weighted by atomic mass is 35.5. The van der Waals surface area contributed by atoms with Gasteiger partial charge in [-0.05, 0) is 24.1 Å². The molecule has 1 aliphatic heterocycles. The van der Waals surface area contributed by atoms with Crippen LogP contribution in [0.5, 0.6) is 0 Å². The molecule has 20 heavy (non-hydrogen) atoms. The molecule has 1 N–H and O–H groups in total. The zero-order valence-electron chi connectivity index (χ0n) is 12.1. The van der Waals surface area contributed by atoms with E-state index in [1.807, 2.05) is 25.2 Å². The van der Waals surface area contributed by atoms with E-state index >= 15 is 0 Å². The Morgan fingerprint density at radius 1 is 1.55 bits per heavy atom. The van der Waals surface area contributed by atoms with E-state index in [9.17, 15) is 0 Å². The van der Waals surface area contributed by atoms with Crippen LogP contribution in [-0.4, -0.2) is 44.7 Å². The number of hydrogen-bond acceptors (Lipinski definition) is 2. The SMILES string of the molecule is CN=C(NCc1cccc(Cl)c1)N(C)CC1CCOC1. The number of guanidine groups is 1. The summed E-state index contributed by atoms with van der Waals surface area (Å²) in [6, 6.07) is 7.86. The molecule has 0 bridgehead atoms. The molecule has 1 unspecified atom stereocenters. The second kappa shape index (κ2) is 7.50. The zero-order valence-corrected chi connectivity index (χ0v) is 12.9. The summed E-state index contributed by atoms with van der Waals surface area (Å²) in [5.41, 5.74) is 1.15. The standard InChI is InChI=1S/C15H22ClN3O/c1-17-15(19(2)10-13-6-7-20-11-13)18-9-12-4-3-5-14(16)8-12/h3-5,8,13H,6-7,9-11H2,1-2H3,(H,17,18). The molecule has 1 aromatic carbocycles. The molecule has 110 valence electrons. The normalized spacial score (nSPS) is 19.1. The number of rotatable bonds is 4. The third kappa shape index (κ3) is 4.39. The Labute approximate surface area is 125 Å².